The van der Waals surface area contributed by atoms with Gasteiger partial charge < -0.3 is 9.84 Å². The maximum Gasteiger partial charge on any atom is 0.302 e. The highest BCUT2D eigenvalue weighted by atomic mass is 35.5. The number of ether oxygens (including phenoxy) is 1. The van der Waals surface area contributed by atoms with E-state index in [4.69, 9.17) is 5.11 Å². The zero-order chi connectivity index (χ0) is 5.70. The van der Waals surface area contributed by atoms with E-state index in [1.807, 2.05) is 0 Å². The highest BCUT2D eigenvalue weighted by Gasteiger charge is 1.86. The molecule has 0 saturated carbocycles. The molecule has 0 bridgehead atoms. The molecule has 0 aromatic heterocycles. The standard InChI is InChI=1S/C4H8O3.ClH/c1-4(6)7-3-2-5;/h5H,2-3H2,1H3;1H. The molecule has 0 amide bonds. The van der Waals surface area contributed by atoms with Gasteiger partial charge in [0, 0.05) is 6.92 Å². The number of halogens is 1. The van der Waals surface area contributed by atoms with E-state index < -0.39 is 0 Å². The van der Waals surface area contributed by atoms with Crippen molar-refractivity contribution < 1.29 is 14.6 Å². The van der Waals surface area contributed by atoms with Gasteiger partial charge in [-0.2, -0.15) is 0 Å². The summed E-state index contributed by atoms with van der Waals surface area (Å²) >= 11 is 0. The minimum Gasteiger partial charge on any atom is -0.463 e. The molecule has 0 fully saturated rings. The lowest BCUT2D eigenvalue weighted by molar-refractivity contribution is -0.141. The summed E-state index contributed by atoms with van der Waals surface area (Å²) in [6.07, 6.45) is 0. The number of carbonyl (C=O) groups excluding carboxylic acids is 1. The van der Waals surface area contributed by atoms with Crippen LogP contribution in [0.2, 0.25) is 0 Å². The SMILES string of the molecule is CC(=O)OCCO.Cl. The summed E-state index contributed by atoms with van der Waals surface area (Å²) in [6.45, 7) is 1.31. The van der Waals surface area contributed by atoms with E-state index in [1.165, 1.54) is 6.92 Å². The molecule has 0 rings (SSSR count). The Balaban J connectivity index is 0. The number of hydrogen-bond acceptors (Lipinski definition) is 3. The minimum atomic E-state index is -0.353. The summed E-state index contributed by atoms with van der Waals surface area (Å²) in [6, 6.07) is 0. The van der Waals surface area contributed by atoms with E-state index in [2.05, 4.69) is 4.74 Å². The van der Waals surface area contributed by atoms with Gasteiger partial charge in [-0.15, -0.1) is 12.4 Å². The van der Waals surface area contributed by atoms with Crippen molar-refractivity contribution in [3.8, 4) is 0 Å². The predicted molar refractivity (Wildman–Crippen MR) is 31.0 cm³/mol. The molecule has 3 nitrogen and oxygen atoms in total. The molecule has 0 saturated heterocycles. The van der Waals surface area contributed by atoms with Gasteiger partial charge in [-0.25, -0.2) is 0 Å². The molecule has 0 aromatic rings. The lowest BCUT2D eigenvalue weighted by atomic mass is 10.7. The van der Waals surface area contributed by atoms with Crippen molar-refractivity contribution in [3.05, 3.63) is 0 Å². The first-order chi connectivity index (χ1) is 3.27. The average molecular weight is 141 g/mol. The Kier molecular flexibility index (Phi) is 8.95. The summed E-state index contributed by atoms with van der Waals surface area (Å²) in [5.74, 6) is -0.353. The highest BCUT2D eigenvalue weighted by molar-refractivity contribution is 5.85. The summed E-state index contributed by atoms with van der Waals surface area (Å²) in [5.41, 5.74) is 0. The van der Waals surface area contributed by atoms with Gasteiger partial charge in [0.15, 0.2) is 0 Å². The summed E-state index contributed by atoms with van der Waals surface area (Å²) < 4.78 is 4.30. The fourth-order valence-corrected chi connectivity index (χ4v) is 0.189. The largest absolute Gasteiger partial charge is 0.463 e. The van der Waals surface area contributed by atoms with Crippen LogP contribution in [0.4, 0.5) is 0 Å². The van der Waals surface area contributed by atoms with E-state index in [0.29, 0.717) is 0 Å². The van der Waals surface area contributed by atoms with E-state index in [0.717, 1.165) is 0 Å². The maximum atomic E-state index is 9.87. The molecule has 4 heteroatoms. The van der Waals surface area contributed by atoms with Crippen molar-refractivity contribution in [1.82, 2.24) is 0 Å². The first-order valence-electron chi connectivity index (χ1n) is 2.01. The third kappa shape index (κ3) is 9.21. The van der Waals surface area contributed by atoms with Gasteiger partial charge in [-0.3, -0.25) is 4.79 Å². The molecule has 1 N–H and O–H groups in total. The number of hydrogen-bond donors (Lipinski definition) is 1. The molecule has 0 heterocycles. The van der Waals surface area contributed by atoms with E-state index in [9.17, 15) is 4.79 Å². The topological polar surface area (TPSA) is 46.5 Å². The number of aliphatic hydroxyl groups is 1. The van der Waals surface area contributed by atoms with Crippen molar-refractivity contribution in [3.63, 3.8) is 0 Å². The van der Waals surface area contributed by atoms with Gasteiger partial charge in [0.1, 0.15) is 6.61 Å². The zero-order valence-corrected chi connectivity index (χ0v) is 5.40. The monoisotopic (exact) mass is 140 g/mol. The van der Waals surface area contributed by atoms with Crippen LogP contribution in [0, 0.1) is 0 Å². The van der Waals surface area contributed by atoms with Crippen LogP contribution in [0.1, 0.15) is 6.92 Å². The second-order valence-electron chi connectivity index (χ2n) is 1.06. The van der Waals surface area contributed by atoms with Crippen molar-refractivity contribution in [2.75, 3.05) is 13.2 Å². The van der Waals surface area contributed by atoms with Crippen molar-refractivity contribution >= 4 is 18.4 Å². The van der Waals surface area contributed by atoms with Gasteiger partial charge in [-0.05, 0) is 0 Å². The molecular weight excluding hydrogens is 131 g/mol. The van der Waals surface area contributed by atoms with Crippen LogP contribution in [0.15, 0.2) is 0 Å². The molecule has 0 aliphatic rings. The van der Waals surface area contributed by atoms with Gasteiger partial charge in [0.2, 0.25) is 0 Å². The van der Waals surface area contributed by atoms with Crippen molar-refractivity contribution in [2.24, 2.45) is 0 Å². The molecule has 0 radical (unpaired) electrons. The van der Waals surface area contributed by atoms with Gasteiger partial charge in [0.05, 0.1) is 6.61 Å². The lowest BCUT2D eigenvalue weighted by Crippen LogP contribution is -2.03. The fourth-order valence-electron chi connectivity index (χ4n) is 0.189. The van der Waals surface area contributed by atoms with Gasteiger partial charge >= 0.3 is 5.97 Å². The number of rotatable bonds is 2. The summed E-state index contributed by atoms with van der Waals surface area (Å²) in [7, 11) is 0. The van der Waals surface area contributed by atoms with Crippen LogP contribution in [0.5, 0.6) is 0 Å². The van der Waals surface area contributed by atoms with Crippen LogP contribution in [0.25, 0.3) is 0 Å². The Morgan fingerprint density at radius 1 is 1.75 bits per heavy atom. The smallest absolute Gasteiger partial charge is 0.302 e. The number of carbonyl (C=O) groups is 1. The Bertz CT molecular complexity index is 64.3. The molecule has 0 aliphatic heterocycles. The molecule has 8 heavy (non-hydrogen) atoms. The van der Waals surface area contributed by atoms with Crippen LogP contribution in [0.3, 0.4) is 0 Å². The van der Waals surface area contributed by atoms with Crippen molar-refractivity contribution in [1.29, 1.82) is 0 Å². The molecule has 0 aromatic carbocycles. The Labute approximate surface area is 54.1 Å². The van der Waals surface area contributed by atoms with Gasteiger partial charge in [-0.1, -0.05) is 0 Å². The molecular formula is C4H9ClO3. The molecule has 50 valence electrons. The molecule has 0 spiro atoms. The van der Waals surface area contributed by atoms with Crippen LogP contribution >= 0.6 is 12.4 Å². The van der Waals surface area contributed by atoms with Crippen LogP contribution in [-0.2, 0) is 9.53 Å². The van der Waals surface area contributed by atoms with Crippen LogP contribution in [-0.4, -0.2) is 24.3 Å². The van der Waals surface area contributed by atoms with E-state index in [1.54, 1.807) is 0 Å². The normalized spacial score (nSPS) is 7.25. The quantitative estimate of drug-likeness (QED) is 0.548. The Morgan fingerprint density at radius 3 is 2.38 bits per heavy atom. The lowest BCUT2D eigenvalue weighted by Gasteiger charge is -1.93. The fraction of sp³-hybridized carbons (Fsp3) is 0.750. The highest BCUT2D eigenvalue weighted by Crippen LogP contribution is 1.71. The second kappa shape index (κ2) is 6.72. The number of esters is 1. The first kappa shape index (κ1) is 10.7. The third-order valence-corrected chi connectivity index (χ3v) is 0.397. The minimum absolute atomic E-state index is 0. The maximum absolute atomic E-state index is 9.87. The first-order valence-corrected chi connectivity index (χ1v) is 2.01. The zero-order valence-electron chi connectivity index (χ0n) is 4.59. The summed E-state index contributed by atoms with van der Waals surface area (Å²) in [4.78, 5) is 9.87. The number of aliphatic hydroxyl groups excluding tert-OH is 1. The molecule has 0 aliphatic carbocycles. The van der Waals surface area contributed by atoms with Crippen molar-refractivity contribution in [2.45, 2.75) is 6.92 Å². The Hall–Kier alpha value is -0.280. The predicted octanol–water partition coefficient (Wildman–Crippen LogP) is -0.0364. The molecule has 0 atom stereocenters. The van der Waals surface area contributed by atoms with Gasteiger partial charge in [0.25, 0.3) is 0 Å². The van der Waals surface area contributed by atoms with E-state index >= 15 is 0 Å². The average Bonchev–Trinajstić information content (AvgIpc) is 1.61. The summed E-state index contributed by atoms with van der Waals surface area (Å²) in [5, 5.41) is 8.04. The Morgan fingerprint density at radius 2 is 2.25 bits per heavy atom. The van der Waals surface area contributed by atoms with Crippen LogP contribution < -0.4 is 0 Å². The third-order valence-electron chi connectivity index (χ3n) is 0.397. The molecule has 0 unspecified atom stereocenters. The second-order valence-corrected chi connectivity index (χ2v) is 1.06. The van der Waals surface area contributed by atoms with E-state index in [-0.39, 0.29) is 31.6 Å².